The van der Waals surface area contributed by atoms with Crippen molar-refractivity contribution in [1.29, 1.82) is 0 Å². The number of hydrogen-bond acceptors (Lipinski definition) is 5. The zero-order valence-electron chi connectivity index (χ0n) is 15.9. The highest BCUT2D eigenvalue weighted by Crippen LogP contribution is 2.23. The van der Waals surface area contributed by atoms with E-state index in [0.29, 0.717) is 24.4 Å². The molecule has 28 heavy (non-hydrogen) atoms. The second kappa shape index (κ2) is 8.52. The SMILES string of the molecule is COc1ccc(CN(C(=O)Nc2ccc(OC)cc2)[C@H]2CCS(=O)(=O)C2)cc1. The number of amides is 2. The maximum Gasteiger partial charge on any atom is 0.322 e. The number of carbonyl (C=O) groups excluding carboxylic acids is 1. The van der Waals surface area contributed by atoms with Gasteiger partial charge in [0.05, 0.1) is 25.7 Å². The molecule has 2 aromatic carbocycles. The third kappa shape index (κ3) is 4.95. The van der Waals surface area contributed by atoms with E-state index in [1.54, 1.807) is 43.4 Å². The highest BCUT2D eigenvalue weighted by Gasteiger charge is 2.34. The van der Waals surface area contributed by atoms with Gasteiger partial charge in [0, 0.05) is 18.3 Å². The Morgan fingerprint density at radius 3 is 2.11 bits per heavy atom. The minimum atomic E-state index is -3.12. The van der Waals surface area contributed by atoms with Crippen molar-refractivity contribution in [2.75, 3.05) is 31.0 Å². The first-order valence-corrected chi connectivity index (χ1v) is 10.8. The lowest BCUT2D eigenvalue weighted by Gasteiger charge is -2.28. The summed E-state index contributed by atoms with van der Waals surface area (Å²) in [5.41, 5.74) is 1.52. The zero-order chi connectivity index (χ0) is 20.1. The fraction of sp³-hybridized carbons (Fsp3) is 0.350. The van der Waals surface area contributed by atoms with Gasteiger partial charge in [-0.2, -0.15) is 0 Å². The summed E-state index contributed by atoms with van der Waals surface area (Å²) in [6.45, 7) is 0.312. The molecule has 1 heterocycles. The van der Waals surface area contributed by atoms with Crippen LogP contribution in [0.3, 0.4) is 0 Å². The van der Waals surface area contributed by atoms with Crippen LogP contribution in [-0.2, 0) is 16.4 Å². The molecule has 1 aliphatic rings. The van der Waals surface area contributed by atoms with Crippen molar-refractivity contribution in [3.63, 3.8) is 0 Å². The highest BCUT2D eigenvalue weighted by atomic mass is 32.2. The second-order valence-corrected chi connectivity index (χ2v) is 8.92. The summed E-state index contributed by atoms with van der Waals surface area (Å²) in [6, 6.07) is 13.7. The van der Waals surface area contributed by atoms with Crippen molar-refractivity contribution in [2.45, 2.75) is 19.0 Å². The molecule has 3 rings (SSSR count). The Kier molecular flexibility index (Phi) is 6.08. The molecule has 0 bridgehead atoms. The lowest BCUT2D eigenvalue weighted by Crippen LogP contribution is -2.43. The van der Waals surface area contributed by atoms with Crippen LogP contribution in [0.1, 0.15) is 12.0 Å². The van der Waals surface area contributed by atoms with Crippen molar-refractivity contribution in [3.05, 3.63) is 54.1 Å². The molecule has 8 heteroatoms. The number of anilines is 1. The smallest absolute Gasteiger partial charge is 0.322 e. The quantitative estimate of drug-likeness (QED) is 0.800. The van der Waals surface area contributed by atoms with E-state index in [9.17, 15) is 13.2 Å². The van der Waals surface area contributed by atoms with Crippen molar-refractivity contribution in [1.82, 2.24) is 4.90 Å². The van der Waals surface area contributed by atoms with Gasteiger partial charge in [0.15, 0.2) is 9.84 Å². The fourth-order valence-corrected chi connectivity index (χ4v) is 4.92. The number of nitrogens with zero attached hydrogens (tertiary/aromatic N) is 1. The van der Waals surface area contributed by atoms with Gasteiger partial charge < -0.3 is 19.7 Å². The molecule has 0 aliphatic carbocycles. The number of sulfone groups is 1. The van der Waals surface area contributed by atoms with E-state index in [1.807, 2.05) is 24.3 Å². The van der Waals surface area contributed by atoms with Gasteiger partial charge in [-0.15, -0.1) is 0 Å². The van der Waals surface area contributed by atoms with E-state index >= 15 is 0 Å². The van der Waals surface area contributed by atoms with Gasteiger partial charge in [-0.05, 0) is 48.4 Å². The third-order valence-corrected chi connectivity index (χ3v) is 6.51. The molecule has 0 aromatic heterocycles. The number of methoxy groups -OCH3 is 2. The van der Waals surface area contributed by atoms with Gasteiger partial charge in [-0.25, -0.2) is 13.2 Å². The average Bonchev–Trinajstić information content (AvgIpc) is 3.06. The summed E-state index contributed by atoms with van der Waals surface area (Å²) < 4.78 is 34.2. The van der Waals surface area contributed by atoms with Crippen LogP contribution in [0.5, 0.6) is 11.5 Å². The molecule has 0 radical (unpaired) electrons. The Morgan fingerprint density at radius 2 is 1.61 bits per heavy atom. The van der Waals surface area contributed by atoms with Gasteiger partial charge in [0.2, 0.25) is 0 Å². The lowest BCUT2D eigenvalue weighted by atomic mass is 10.1. The fourth-order valence-electron chi connectivity index (χ4n) is 3.19. The molecule has 0 spiro atoms. The molecule has 2 aromatic rings. The molecule has 1 saturated heterocycles. The average molecular weight is 404 g/mol. The normalized spacial score (nSPS) is 17.7. The predicted molar refractivity (Wildman–Crippen MR) is 108 cm³/mol. The van der Waals surface area contributed by atoms with Crippen LogP contribution < -0.4 is 14.8 Å². The minimum absolute atomic E-state index is 0.0147. The first-order chi connectivity index (χ1) is 13.4. The Labute approximate surface area is 165 Å². The number of carbonyl (C=O) groups is 1. The van der Waals surface area contributed by atoms with Gasteiger partial charge in [-0.1, -0.05) is 12.1 Å². The standard InChI is InChI=1S/C20H24N2O5S/c1-26-18-7-3-15(4-8-18)13-22(17-11-12-28(24,25)14-17)20(23)21-16-5-9-19(27-2)10-6-16/h3-10,17H,11-14H2,1-2H3,(H,21,23)/t17-/m0/s1. The van der Waals surface area contributed by atoms with Crippen LogP contribution in [-0.4, -0.2) is 51.1 Å². The van der Waals surface area contributed by atoms with Crippen molar-refractivity contribution >= 4 is 21.6 Å². The highest BCUT2D eigenvalue weighted by molar-refractivity contribution is 7.91. The van der Waals surface area contributed by atoms with Crippen molar-refractivity contribution in [3.8, 4) is 11.5 Å². The molecule has 7 nitrogen and oxygen atoms in total. The van der Waals surface area contributed by atoms with E-state index in [4.69, 9.17) is 9.47 Å². The Bertz CT molecular complexity index is 911. The Balaban J connectivity index is 1.78. The maximum absolute atomic E-state index is 13.0. The predicted octanol–water partition coefficient (Wildman–Crippen LogP) is 2.93. The van der Waals surface area contributed by atoms with E-state index in [1.165, 1.54) is 0 Å². The molecule has 1 atom stereocenters. The van der Waals surface area contributed by atoms with Crippen molar-refractivity contribution < 1.29 is 22.7 Å². The maximum atomic E-state index is 13.0. The third-order valence-electron chi connectivity index (χ3n) is 4.76. The summed E-state index contributed by atoms with van der Waals surface area (Å²) in [5.74, 6) is 1.50. The molecule has 1 N–H and O–H groups in total. The molecule has 0 unspecified atom stereocenters. The van der Waals surface area contributed by atoms with E-state index in [2.05, 4.69) is 5.32 Å². The largest absolute Gasteiger partial charge is 0.497 e. The molecule has 150 valence electrons. The number of hydrogen-bond donors (Lipinski definition) is 1. The van der Waals surface area contributed by atoms with E-state index in [0.717, 1.165) is 11.3 Å². The van der Waals surface area contributed by atoms with Crippen LogP contribution >= 0.6 is 0 Å². The number of rotatable bonds is 6. The molecular weight excluding hydrogens is 380 g/mol. The lowest BCUT2D eigenvalue weighted by molar-refractivity contribution is 0.190. The topological polar surface area (TPSA) is 84.9 Å². The van der Waals surface area contributed by atoms with Crippen LogP contribution in [0.4, 0.5) is 10.5 Å². The summed E-state index contributed by atoms with van der Waals surface area (Å²) in [5, 5.41) is 2.85. The number of nitrogens with one attached hydrogen (secondary N) is 1. The Morgan fingerprint density at radius 1 is 1.04 bits per heavy atom. The molecule has 2 amide bonds. The number of benzene rings is 2. The number of urea groups is 1. The second-order valence-electron chi connectivity index (χ2n) is 6.69. The summed E-state index contributed by atoms with van der Waals surface area (Å²) in [4.78, 5) is 14.6. The van der Waals surface area contributed by atoms with Crippen LogP contribution in [0.15, 0.2) is 48.5 Å². The Hall–Kier alpha value is -2.74. The van der Waals surface area contributed by atoms with Gasteiger partial charge in [-0.3, -0.25) is 0 Å². The van der Waals surface area contributed by atoms with Crippen LogP contribution in [0, 0.1) is 0 Å². The molecule has 1 fully saturated rings. The first-order valence-electron chi connectivity index (χ1n) is 8.95. The van der Waals surface area contributed by atoms with Crippen molar-refractivity contribution in [2.24, 2.45) is 0 Å². The van der Waals surface area contributed by atoms with Crippen LogP contribution in [0.2, 0.25) is 0 Å². The summed E-state index contributed by atoms with van der Waals surface area (Å²) in [6.07, 6.45) is 0.439. The summed E-state index contributed by atoms with van der Waals surface area (Å²) >= 11 is 0. The zero-order valence-corrected chi connectivity index (χ0v) is 16.7. The number of ether oxygens (including phenoxy) is 2. The monoisotopic (exact) mass is 404 g/mol. The van der Waals surface area contributed by atoms with E-state index in [-0.39, 0.29) is 23.6 Å². The molecule has 1 aliphatic heterocycles. The van der Waals surface area contributed by atoms with Gasteiger partial charge in [0.25, 0.3) is 0 Å². The molecular formula is C20H24N2O5S. The van der Waals surface area contributed by atoms with Crippen LogP contribution in [0.25, 0.3) is 0 Å². The van der Waals surface area contributed by atoms with Gasteiger partial charge >= 0.3 is 6.03 Å². The summed E-state index contributed by atoms with van der Waals surface area (Å²) in [7, 11) is 0.0474. The first kappa shape index (κ1) is 20.0. The van der Waals surface area contributed by atoms with Gasteiger partial charge in [0.1, 0.15) is 11.5 Å². The molecule has 0 saturated carbocycles. The minimum Gasteiger partial charge on any atom is -0.497 e. The van der Waals surface area contributed by atoms with E-state index < -0.39 is 9.84 Å².